The number of alkyl halides is 5. The lowest BCUT2D eigenvalue weighted by Gasteiger charge is -2.16. The highest BCUT2D eigenvalue weighted by molar-refractivity contribution is 6.29. The number of nitrogens with zero attached hydrogens (tertiary/aromatic N) is 5. The molecule has 0 saturated heterocycles. The van der Waals surface area contributed by atoms with Crippen LogP contribution in [0.2, 0.25) is 5.15 Å². The predicted octanol–water partition coefficient (Wildman–Crippen LogP) is 5.85. The summed E-state index contributed by atoms with van der Waals surface area (Å²) in [7, 11) is 1.54. The minimum absolute atomic E-state index is 0.110. The van der Waals surface area contributed by atoms with Crippen molar-refractivity contribution in [1.29, 1.82) is 0 Å². The fourth-order valence-corrected chi connectivity index (χ4v) is 4.21. The van der Waals surface area contributed by atoms with Crippen LogP contribution >= 0.6 is 11.6 Å². The third kappa shape index (κ3) is 7.09. The molecule has 0 radical (unpaired) electrons. The number of hydrogen-bond donors (Lipinski definition) is 2. The molecule has 1 aliphatic rings. The highest BCUT2D eigenvalue weighted by Gasteiger charge is 2.38. The van der Waals surface area contributed by atoms with Gasteiger partial charge in [0.05, 0.1) is 19.3 Å². The number of fused-ring (bicyclic) bond motifs is 1. The molecule has 2 aromatic heterocycles. The van der Waals surface area contributed by atoms with Gasteiger partial charge in [-0.05, 0) is 36.2 Å². The molecule has 5 rings (SSSR count). The highest BCUT2D eigenvalue weighted by atomic mass is 35.5. The summed E-state index contributed by atoms with van der Waals surface area (Å²) in [5.41, 5.74) is 2.00. The molecule has 218 valence electrons. The summed E-state index contributed by atoms with van der Waals surface area (Å²) >= 11 is 5.92. The Morgan fingerprint density at radius 2 is 1.83 bits per heavy atom. The molecule has 3 heterocycles. The summed E-state index contributed by atoms with van der Waals surface area (Å²) in [6.45, 7) is -0.257. The van der Waals surface area contributed by atoms with Crippen molar-refractivity contribution in [3.63, 3.8) is 0 Å². The van der Waals surface area contributed by atoms with Gasteiger partial charge in [0.1, 0.15) is 35.0 Å². The number of rotatable bonds is 5. The summed E-state index contributed by atoms with van der Waals surface area (Å²) in [6, 6.07) is 11.1. The molecule has 0 saturated carbocycles. The van der Waals surface area contributed by atoms with Crippen molar-refractivity contribution in [2.24, 2.45) is 0 Å². The van der Waals surface area contributed by atoms with E-state index in [1.165, 1.54) is 16.8 Å². The first-order valence-electron chi connectivity index (χ1n) is 11.8. The Kier molecular flexibility index (Phi) is 8.75. The maximum atomic E-state index is 14.4. The standard InChI is InChI=1S/C23H20ClF3N6O.C2HF3O2/c1-34-20-8-15(6-7-19(20)32-11-21(24)28-12-32)29-23-30-22-16(13-2-4-14(25)5-3-13)9-17(26)18(27)10-33(22)31-23;3-2(4,5)1(6)7/h2-8,11-12,16-18H,9-10H2,1H3,(H,29,31);(H,6,7)/t16-,17+,18-;/m0./s1. The SMILES string of the molecule is COc1cc(Nc2nc3n(n2)C[C@H](F)[C@H](F)C[C@H]3c2ccc(F)cc2)ccc1-n1cnc(Cl)c1.O=C(O)C(F)(F)F. The van der Waals surface area contributed by atoms with E-state index in [0.29, 0.717) is 28.0 Å². The van der Waals surface area contributed by atoms with Crippen LogP contribution in [-0.4, -0.2) is 61.0 Å². The maximum Gasteiger partial charge on any atom is 0.490 e. The van der Waals surface area contributed by atoms with Crippen LogP contribution in [0.5, 0.6) is 5.75 Å². The molecule has 4 aromatic rings. The lowest BCUT2D eigenvalue weighted by atomic mass is 9.92. The molecule has 0 fully saturated rings. The average Bonchev–Trinajstić information content (AvgIpc) is 3.50. The van der Waals surface area contributed by atoms with Crippen LogP contribution in [0.4, 0.5) is 38.0 Å². The van der Waals surface area contributed by atoms with Crippen LogP contribution in [0.25, 0.3) is 5.69 Å². The smallest absolute Gasteiger partial charge is 0.490 e. The molecule has 0 bridgehead atoms. The molecular weight excluding hydrogens is 582 g/mol. The largest absolute Gasteiger partial charge is 0.494 e. The molecule has 0 amide bonds. The van der Waals surface area contributed by atoms with E-state index in [4.69, 9.17) is 26.2 Å². The minimum Gasteiger partial charge on any atom is -0.494 e. The van der Waals surface area contributed by atoms with E-state index in [0.717, 1.165) is 5.69 Å². The fourth-order valence-electron chi connectivity index (χ4n) is 4.07. The van der Waals surface area contributed by atoms with Gasteiger partial charge < -0.3 is 19.7 Å². The number of nitrogens with one attached hydrogen (secondary N) is 1. The Morgan fingerprint density at radius 1 is 1.15 bits per heavy atom. The molecule has 2 aromatic carbocycles. The lowest BCUT2D eigenvalue weighted by molar-refractivity contribution is -0.192. The number of halogens is 7. The van der Waals surface area contributed by atoms with E-state index < -0.39 is 36.2 Å². The second kappa shape index (κ2) is 12.1. The van der Waals surface area contributed by atoms with Gasteiger partial charge >= 0.3 is 12.1 Å². The Labute approximate surface area is 233 Å². The number of aromatic nitrogens is 5. The summed E-state index contributed by atoms with van der Waals surface area (Å²) in [5.74, 6) is -2.54. The van der Waals surface area contributed by atoms with Gasteiger partial charge in [-0.3, -0.25) is 0 Å². The number of anilines is 2. The molecule has 0 aliphatic carbocycles. The van der Waals surface area contributed by atoms with Gasteiger partial charge in [-0.25, -0.2) is 27.6 Å². The van der Waals surface area contributed by atoms with Gasteiger partial charge in [-0.15, -0.1) is 5.10 Å². The Balaban J connectivity index is 0.000000493. The molecule has 41 heavy (non-hydrogen) atoms. The number of carboxylic acids is 1. The van der Waals surface area contributed by atoms with Crippen molar-refractivity contribution in [1.82, 2.24) is 24.3 Å². The lowest BCUT2D eigenvalue weighted by Crippen LogP contribution is -2.21. The van der Waals surface area contributed by atoms with E-state index in [2.05, 4.69) is 20.4 Å². The quantitative estimate of drug-likeness (QED) is 0.276. The summed E-state index contributed by atoms with van der Waals surface area (Å²) < 4.78 is 82.6. The number of benzene rings is 2. The zero-order valence-electron chi connectivity index (χ0n) is 21.0. The third-order valence-corrected chi connectivity index (χ3v) is 6.19. The van der Waals surface area contributed by atoms with Gasteiger partial charge in [0.25, 0.3) is 0 Å². The van der Waals surface area contributed by atoms with Crippen molar-refractivity contribution < 1.29 is 41.0 Å². The number of ether oxygens (including phenoxy) is 1. The van der Waals surface area contributed by atoms with E-state index in [9.17, 15) is 26.3 Å². The van der Waals surface area contributed by atoms with E-state index >= 15 is 0 Å². The van der Waals surface area contributed by atoms with Crippen LogP contribution in [0.1, 0.15) is 23.7 Å². The van der Waals surface area contributed by atoms with Crippen molar-refractivity contribution >= 4 is 29.2 Å². The maximum absolute atomic E-state index is 14.4. The molecule has 1 aliphatic heterocycles. The molecule has 2 N–H and O–H groups in total. The third-order valence-electron chi connectivity index (χ3n) is 5.99. The second-order valence-corrected chi connectivity index (χ2v) is 9.15. The second-order valence-electron chi connectivity index (χ2n) is 8.77. The van der Waals surface area contributed by atoms with E-state index in [1.54, 1.807) is 48.5 Å². The van der Waals surface area contributed by atoms with Gasteiger partial charge in [0.15, 0.2) is 6.17 Å². The topological polar surface area (TPSA) is 107 Å². The zero-order chi connectivity index (χ0) is 29.9. The normalized spacial score (nSPS) is 18.5. The number of aliphatic carboxylic acids is 1. The van der Waals surface area contributed by atoms with Gasteiger partial charge in [-0.1, -0.05) is 23.7 Å². The van der Waals surface area contributed by atoms with Crippen molar-refractivity contribution in [2.75, 3.05) is 12.4 Å². The summed E-state index contributed by atoms with van der Waals surface area (Å²) in [6.07, 6.45) is -5.37. The predicted molar refractivity (Wildman–Crippen MR) is 135 cm³/mol. The van der Waals surface area contributed by atoms with Crippen molar-refractivity contribution in [3.05, 3.63) is 77.3 Å². The minimum atomic E-state index is -5.08. The molecule has 3 atom stereocenters. The van der Waals surface area contributed by atoms with Gasteiger partial charge in [0.2, 0.25) is 5.95 Å². The number of methoxy groups -OCH3 is 1. The summed E-state index contributed by atoms with van der Waals surface area (Å²) in [5, 5.41) is 14.9. The molecular formula is C25H21ClF6N6O3. The Bertz CT molecular complexity index is 1510. The fraction of sp³-hybridized carbons (Fsp3) is 0.280. The number of imidazole rings is 1. The van der Waals surface area contributed by atoms with Gasteiger partial charge in [0, 0.05) is 23.9 Å². The number of carbonyl (C=O) groups is 1. The summed E-state index contributed by atoms with van der Waals surface area (Å²) in [4.78, 5) is 17.4. The van der Waals surface area contributed by atoms with Crippen molar-refractivity contribution in [2.45, 2.75) is 37.4 Å². The van der Waals surface area contributed by atoms with E-state index in [-0.39, 0.29) is 18.9 Å². The molecule has 9 nitrogen and oxygen atoms in total. The Morgan fingerprint density at radius 3 is 2.41 bits per heavy atom. The van der Waals surface area contributed by atoms with Crippen molar-refractivity contribution in [3.8, 4) is 11.4 Å². The number of carboxylic acid groups (broad SMARTS) is 1. The van der Waals surface area contributed by atoms with Crippen LogP contribution in [0.15, 0.2) is 55.0 Å². The molecule has 0 unspecified atom stereocenters. The van der Waals surface area contributed by atoms with Crippen LogP contribution in [-0.2, 0) is 11.3 Å². The monoisotopic (exact) mass is 602 g/mol. The van der Waals surface area contributed by atoms with Gasteiger partial charge in [-0.2, -0.15) is 18.2 Å². The first kappa shape index (κ1) is 29.7. The molecule has 0 spiro atoms. The van der Waals surface area contributed by atoms with E-state index in [1.807, 2.05) is 6.07 Å². The van der Waals surface area contributed by atoms with Crippen LogP contribution < -0.4 is 10.1 Å². The average molecular weight is 603 g/mol. The van der Waals surface area contributed by atoms with Crippen LogP contribution in [0, 0.1) is 5.82 Å². The first-order chi connectivity index (χ1) is 19.3. The zero-order valence-corrected chi connectivity index (χ0v) is 21.7. The first-order valence-corrected chi connectivity index (χ1v) is 12.2. The van der Waals surface area contributed by atoms with Crippen LogP contribution in [0.3, 0.4) is 0 Å². The Hall–Kier alpha value is -4.27. The molecule has 16 heteroatoms. The highest BCUT2D eigenvalue weighted by Crippen LogP contribution is 2.35. The number of hydrogen-bond acceptors (Lipinski definition) is 6.